The third-order valence-electron chi connectivity index (χ3n) is 2.92. The maximum atomic E-state index is 12.3. The second kappa shape index (κ2) is 7.36. The Balaban J connectivity index is 2.23. The van der Waals surface area contributed by atoms with E-state index in [1.807, 2.05) is 0 Å². The van der Waals surface area contributed by atoms with Gasteiger partial charge in [-0.25, -0.2) is 0 Å². The Bertz CT molecular complexity index is 681. The quantitative estimate of drug-likeness (QED) is 0.593. The summed E-state index contributed by atoms with van der Waals surface area (Å²) in [5.41, 5.74) is 0.791. The fourth-order valence-electron chi connectivity index (χ4n) is 1.92. The minimum Gasteiger partial charge on any atom is -0.496 e. The number of hydrogen-bond acceptors (Lipinski definition) is 3. The van der Waals surface area contributed by atoms with Gasteiger partial charge in [0.1, 0.15) is 11.5 Å². The minimum absolute atomic E-state index is 0.0153. The van der Waals surface area contributed by atoms with Gasteiger partial charge in [-0.3, -0.25) is 4.79 Å². The topological polar surface area (TPSA) is 35.5 Å². The molecule has 0 radical (unpaired) electrons. The number of carbonyl (C=O) groups excluding carboxylic acids is 1. The van der Waals surface area contributed by atoms with Crippen molar-refractivity contribution in [3.63, 3.8) is 0 Å². The van der Waals surface area contributed by atoms with Crippen molar-refractivity contribution in [2.45, 2.75) is 6.61 Å². The Labute approximate surface area is 126 Å². The lowest BCUT2D eigenvalue weighted by atomic mass is 10.1. The Morgan fingerprint density at radius 3 is 2.36 bits per heavy atom. The van der Waals surface area contributed by atoms with Crippen molar-refractivity contribution in [1.29, 1.82) is 0 Å². The maximum Gasteiger partial charge on any atom is 0.387 e. The van der Waals surface area contributed by atoms with Crippen LogP contribution in [0.5, 0.6) is 11.5 Å². The molecular formula is C17H14F2O3. The zero-order valence-corrected chi connectivity index (χ0v) is 11.8. The lowest BCUT2D eigenvalue weighted by Crippen LogP contribution is -2.03. The fourth-order valence-corrected chi connectivity index (χ4v) is 1.92. The number of allylic oxidation sites excluding steroid dienone is 1. The molecule has 0 heterocycles. The van der Waals surface area contributed by atoms with E-state index in [-0.39, 0.29) is 11.5 Å². The number of hydrogen-bond donors (Lipinski definition) is 0. The summed E-state index contributed by atoms with van der Waals surface area (Å²) in [6.07, 6.45) is 2.73. The summed E-state index contributed by atoms with van der Waals surface area (Å²) in [7, 11) is 1.47. The van der Waals surface area contributed by atoms with Crippen molar-refractivity contribution >= 4 is 11.9 Å². The summed E-state index contributed by atoms with van der Waals surface area (Å²) in [5, 5.41) is 0. The van der Waals surface area contributed by atoms with Crippen LogP contribution in [-0.4, -0.2) is 19.5 Å². The first-order valence-corrected chi connectivity index (χ1v) is 6.51. The first-order chi connectivity index (χ1) is 10.6. The number of benzene rings is 2. The van der Waals surface area contributed by atoms with Gasteiger partial charge in [-0.2, -0.15) is 8.78 Å². The second-order valence-electron chi connectivity index (χ2n) is 4.31. The number of halogens is 2. The summed E-state index contributed by atoms with van der Waals surface area (Å²) >= 11 is 0. The van der Waals surface area contributed by atoms with Gasteiger partial charge in [-0.05, 0) is 30.4 Å². The lowest BCUT2D eigenvalue weighted by molar-refractivity contribution is -0.0499. The Kier molecular flexibility index (Phi) is 5.25. The van der Waals surface area contributed by atoms with E-state index in [0.717, 1.165) is 0 Å². The van der Waals surface area contributed by atoms with E-state index in [4.69, 9.17) is 4.74 Å². The average Bonchev–Trinajstić information content (AvgIpc) is 2.53. The SMILES string of the molecule is COc1ccccc1C(=O)/C=C/c1ccccc1OC(F)F. The van der Waals surface area contributed by atoms with E-state index in [1.54, 1.807) is 42.5 Å². The molecule has 0 saturated heterocycles. The average molecular weight is 304 g/mol. The lowest BCUT2D eigenvalue weighted by Gasteiger charge is -2.07. The predicted octanol–water partition coefficient (Wildman–Crippen LogP) is 4.19. The molecule has 0 spiro atoms. The highest BCUT2D eigenvalue weighted by Gasteiger charge is 2.10. The molecule has 2 aromatic carbocycles. The molecule has 2 rings (SSSR count). The predicted molar refractivity (Wildman–Crippen MR) is 79.4 cm³/mol. The van der Waals surface area contributed by atoms with Crippen molar-refractivity contribution in [1.82, 2.24) is 0 Å². The Hall–Kier alpha value is -2.69. The van der Waals surface area contributed by atoms with Crippen LogP contribution in [0.25, 0.3) is 6.08 Å². The number of ketones is 1. The summed E-state index contributed by atoms with van der Waals surface area (Å²) in [5.74, 6) is 0.181. The molecule has 0 aliphatic rings. The van der Waals surface area contributed by atoms with Crippen LogP contribution in [0.4, 0.5) is 8.78 Å². The van der Waals surface area contributed by atoms with Gasteiger partial charge in [-0.1, -0.05) is 30.3 Å². The minimum atomic E-state index is -2.92. The summed E-state index contributed by atoms with van der Waals surface area (Å²) in [6.45, 7) is -2.92. The van der Waals surface area contributed by atoms with Crippen molar-refractivity contribution in [2.75, 3.05) is 7.11 Å². The molecule has 5 heteroatoms. The Morgan fingerprint density at radius 2 is 1.68 bits per heavy atom. The monoisotopic (exact) mass is 304 g/mol. The highest BCUT2D eigenvalue weighted by Crippen LogP contribution is 2.23. The van der Waals surface area contributed by atoms with Gasteiger partial charge in [0.2, 0.25) is 0 Å². The van der Waals surface area contributed by atoms with Crippen LogP contribution in [0.15, 0.2) is 54.6 Å². The molecule has 0 fully saturated rings. The van der Waals surface area contributed by atoms with Gasteiger partial charge < -0.3 is 9.47 Å². The molecule has 0 amide bonds. The molecule has 0 unspecified atom stereocenters. The third-order valence-corrected chi connectivity index (χ3v) is 2.92. The molecule has 0 aromatic heterocycles. The van der Waals surface area contributed by atoms with Gasteiger partial charge in [-0.15, -0.1) is 0 Å². The molecular weight excluding hydrogens is 290 g/mol. The highest BCUT2D eigenvalue weighted by atomic mass is 19.3. The van der Waals surface area contributed by atoms with Gasteiger partial charge in [0.25, 0.3) is 0 Å². The first-order valence-electron chi connectivity index (χ1n) is 6.51. The zero-order chi connectivity index (χ0) is 15.9. The molecule has 22 heavy (non-hydrogen) atoms. The smallest absolute Gasteiger partial charge is 0.387 e. The number of para-hydroxylation sites is 2. The van der Waals surface area contributed by atoms with E-state index in [9.17, 15) is 13.6 Å². The number of ether oxygens (including phenoxy) is 2. The molecule has 0 bridgehead atoms. The van der Waals surface area contributed by atoms with Crippen LogP contribution in [0, 0.1) is 0 Å². The number of rotatable bonds is 6. The molecule has 0 aliphatic heterocycles. The number of alkyl halides is 2. The van der Waals surface area contributed by atoms with E-state index in [0.29, 0.717) is 16.9 Å². The van der Waals surface area contributed by atoms with Crippen molar-refractivity contribution in [3.8, 4) is 11.5 Å². The molecule has 0 N–H and O–H groups in total. The van der Waals surface area contributed by atoms with Crippen molar-refractivity contribution < 1.29 is 23.0 Å². The molecule has 2 aromatic rings. The van der Waals surface area contributed by atoms with E-state index in [2.05, 4.69) is 4.74 Å². The summed E-state index contributed by atoms with van der Waals surface area (Å²) in [4.78, 5) is 12.2. The van der Waals surface area contributed by atoms with Crippen LogP contribution in [0.2, 0.25) is 0 Å². The maximum absolute atomic E-state index is 12.3. The normalized spacial score (nSPS) is 10.9. The molecule has 3 nitrogen and oxygen atoms in total. The van der Waals surface area contributed by atoms with Crippen LogP contribution in [0.1, 0.15) is 15.9 Å². The standard InChI is InChI=1S/C17H14F2O3/c1-21-16-9-5-3-7-13(16)14(20)11-10-12-6-2-4-8-15(12)22-17(18)19/h2-11,17H,1H3/b11-10+. The number of carbonyl (C=O) groups is 1. The number of methoxy groups -OCH3 is 1. The first kappa shape index (κ1) is 15.7. The fraction of sp³-hybridized carbons (Fsp3) is 0.118. The highest BCUT2D eigenvalue weighted by molar-refractivity contribution is 6.08. The van der Waals surface area contributed by atoms with Crippen LogP contribution < -0.4 is 9.47 Å². The molecule has 0 saturated carbocycles. The van der Waals surface area contributed by atoms with Gasteiger partial charge >= 0.3 is 6.61 Å². The van der Waals surface area contributed by atoms with Gasteiger partial charge in [0.15, 0.2) is 5.78 Å². The van der Waals surface area contributed by atoms with Crippen LogP contribution in [-0.2, 0) is 0 Å². The molecule has 114 valence electrons. The largest absolute Gasteiger partial charge is 0.496 e. The zero-order valence-electron chi connectivity index (χ0n) is 11.8. The van der Waals surface area contributed by atoms with Crippen molar-refractivity contribution in [3.05, 3.63) is 65.7 Å². The summed E-state index contributed by atoms with van der Waals surface area (Å²) in [6, 6.07) is 13.0. The van der Waals surface area contributed by atoms with Gasteiger partial charge in [0.05, 0.1) is 12.7 Å². The van der Waals surface area contributed by atoms with Crippen LogP contribution in [0.3, 0.4) is 0 Å². The Morgan fingerprint density at radius 1 is 1.05 bits per heavy atom. The molecule has 0 aliphatic carbocycles. The molecule has 0 atom stereocenters. The second-order valence-corrected chi connectivity index (χ2v) is 4.31. The van der Waals surface area contributed by atoms with E-state index in [1.165, 1.54) is 25.3 Å². The van der Waals surface area contributed by atoms with E-state index < -0.39 is 6.61 Å². The third kappa shape index (κ3) is 3.91. The van der Waals surface area contributed by atoms with E-state index >= 15 is 0 Å². The van der Waals surface area contributed by atoms with Crippen LogP contribution >= 0.6 is 0 Å². The summed E-state index contributed by atoms with van der Waals surface area (Å²) < 4.78 is 34.2. The van der Waals surface area contributed by atoms with Gasteiger partial charge in [0, 0.05) is 5.56 Å². The van der Waals surface area contributed by atoms with Crippen molar-refractivity contribution in [2.24, 2.45) is 0 Å².